The number of amides is 3. The Labute approximate surface area is 383 Å². The summed E-state index contributed by atoms with van der Waals surface area (Å²) in [6.07, 6.45) is 22.0. The van der Waals surface area contributed by atoms with Gasteiger partial charge in [0.1, 0.15) is 31.6 Å². The average Bonchev–Trinajstić information content (AvgIpc) is 3.27. The lowest BCUT2D eigenvalue weighted by Gasteiger charge is -2.12. The maximum absolute atomic E-state index is 11.7. The van der Waals surface area contributed by atoms with Gasteiger partial charge in [-0.05, 0) is 44.9 Å². The Bertz CT molecular complexity index is 1210. The lowest BCUT2D eigenvalue weighted by molar-refractivity contribution is -0.142. The van der Waals surface area contributed by atoms with Crippen LogP contribution in [0.5, 0.6) is 0 Å². The molecule has 0 fully saturated rings. The van der Waals surface area contributed by atoms with Crippen LogP contribution in [0.15, 0.2) is 0 Å². The molecular formula is C47H87N3O14. The smallest absolute Gasteiger partial charge is 0.326 e. The van der Waals surface area contributed by atoms with E-state index in [0.29, 0.717) is 97.5 Å². The Balaban J connectivity index is 0. The number of carboxylic acid groups (broad SMARTS) is 2. The Kier molecular flexibility index (Phi) is 46.4. The number of ether oxygens (including phenoxy) is 4. The molecule has 0 aliphatic heterocycles. The zero-order valence-corrected chi connectivity index (χ0v) is 39.7. The van der Waals surface area contributed by atoms with Gasteiger partial charge >= 0.3 is 11.9 Å². The fourth-order valence-corrected chi connectivity index (χ4v) is 6.44. The zero-order valence-electron chi connectivity index (χ0n) is 39.7. The summed E-state index contributed by atoms with van der Waals surface area (Å²) >= 11 is 0. The largest absolute Gasteiger partial charge is 0.481 e. The molecule has 0 rings (SSSR count). The van der Waals surface area contributed by atoms with Gasteiger partial charge in [0, 0.05) is 51.3 Å². The predicted octanol–water partition coefficient (Wildman–Crippen LogP) is 6.09. The number of aliphatic hydroxyl groups is 1. The highest BCUT2D eigenvalue weighted by atomic mass is 16.5. The summed E-state index contributed by atoms with van der Waals surface area (Å²) in [6, 6.07) is -0.760. The van der Waals surface area contributed by atoms with Crippen molar-refractivity contribution < 1.29 is 67.8 Å². The van der Waals surface area contributed by atoms with E-state index in [1.54, 1.807) is 6.92 Å². The number of Topliss-reactive ketones (excluding diaryl/α,β-unsaturated/α-hetero) is 2. The van der Waals surface area contributed by atoms with Crippen LogP contribution < -0.4 is 16.0 Å². The fraction of sp³-hybridized carbons (Fsp3) is 0.851. The van der Waals surface area contributed by atoms with E-state index in [9.17, 15) is 33.6 Å². The molecule has 0 aromatic rings. The minimum Gasteiger partial charge on any atom is -0.481 e. The molecule has 0 bridgehead atoms. The summed E-state index contributed by atoms with van der Waals surface area (Å²) in [5.41, 5.74) is 0. The second-order valence-corrected chi connectivity index (χ2v) is 16.0. The van der Waals surface area contributed by atoms with Crippen LogP contribution in [0.1, 0.15) is 175 Å². The Hall–Kier alpha value is -3.51. The number of carboxylic acids is 2. The fourth-order valence-electron chi connectivity index (χ4n) is 6.44. The highest BCUT2D eigenvalue weighted by Crippen LogP contribution is 2.15. The summed E-state index contributed by atoms with van der Waals surface area (Å²) in [4.78, 5) is 79.0. The van der Waals surface area contributed by atoms with Gasteiger partial charge in [0.15, 0.2) is 5.78 Å². The standard InChI is InChI=1S/C25H46N2O9.C22H41NO5/c1-3-21(23(30)18-28)8-5-6-10-26-24(31)19-36-17-15-34-13-11-27-25(32)20-35-16-14-33-12-7-9-22(29)4-2;1-2-19(22(27)28)23-20(24)17-15-13-11-9-7-5-3-4-6-8-10-12-14-16-18-21(25)26/h21,28H,3-20H2,1-2H3,(H,26,31)(H,27,32);19H,2-18H2,1H3,(H,23,24)(H,25,26)(H,27,28)/t21-;19-/m00/s1. The van der Waals surface area contributed by atoms with E-state index >= 15 is 0 Å². The van der Waals surface area contributed by atoms with Gasteiger partial charge < -0.3 is 50.2 Å². The second kappa shape index (κ2) is 47.5. The number of hydrogen-bond acceptors (Lipinski definition) is 12. The molecular weight excluding hydrogens is 831 g/mol. The van der Waals surface area contributed by atoms with E-state index in [1.807, 2.05) is 13.8 Å². The molecule has 0 spiro atoms. The number of rotatable bonds is 46. The first-order valence-corrected chi connectivity index (χ1v) is 24.1. The van der Waals surface area contributed by atoms with E-state index in [0.717, 1.165) is 51.4 Å². The number of nitrogens with one attached hydrogen (secondary N) is 3. The quantitative estimate of drug-likeness (QED) is 0.0378. The lowest BCUT2D eigenvalue weighted by Crippen LogP contribution is -2.40. The molecule has 0 aromatic carbocycles. The molecule has 0 heterocycles. The lowest BCUT2D eigenvalue weighted by atomic mass is 9.95. The van der Waals surface area contributed by atoms with E-state index in [2.05, 4.69) is 16.0 Å². The Morgan fingerprint density at radius 3 is 1.44 bits per heavy atom. The van der Waals surface area contributed by atoms with Crippen molar-refractivity contribution in [1.82, 2.24) is 16.0 Å². The van der Waals surface area contributed by atoms with Crippen molar-refractivity contribution >= 4 is 41.2 Å². The van der Waals surface area contributed by atoms with E-state index in [1.165, 1.54) is 51.4 Å². The van der Waals surface area contributed by atoms with Crippen LogP contribution >= 0.6 is 0 Å². The van der Waals surface area contributed by atoms with Crippen molar-refractivity contribution in [3.8, 4) is 0 Å². The maximum Gasteiger partial charge on any atom is 0.326 e. The van der Waals surface area contributed by atoms with Crippen LogP contribution in [-0.2, 0) is 52.5 Å². The molecule has 17 nitrogen and oxygen atoms in total. The highest BCUT2D eigenvalue weighted by molar-refractivity contribution is 5.83. The Morgan fingerprint density at radius 1 is 0.484 bits per heavy atom. The van der Waals surface area contributed by atoms with E-state index in [-0.39, 0.29) is 55.0 Å². The van der Waals surface area contributed by atoms with Crippen molar-refractivity contribution in [3.63, 3.8) is 0 Å². The highest BCUT2D eigenvalue weighted by Gasteiger charge is 2.17. The molecule has 0 aliphatic rings. The number of carbonyl (C=O) groups excluding carboxylic acids is 5. The summed E-state index contributed by atoms with van der Waals surface area (Å²) < 4.78 is 21.2. The number of hydrogen-bond donors (Lipinski definition) is 6. The minimum atomic E-state index is -0.966. The van der Waals surface area contributed by atoms with Crippen molar-refractivity contribution in [2.24, 2.45) is 5.92 Å². The van der Waals surface area contributed by atoms with Gasteiger partial charge in [-0.3, -0.25) is 28.8 Å². The average molecular weight is 918 g/mol. The van der Waals surface area contributed by atoms with Crippen LogP contribution in [0.4, 0.5) is 0 Å². The van der Waals surface area contributed by atoms with Crippen molar-refractivity contribution in [2.75, 3.05) is 72.6 Å². The van der Waals surface area contributed by atoms with Gasteiger partial charge in [0.05, 0.1) is 33.0 Å². The molecule has 0 radical (unpaired) electrons. The van der Waals surface area contributed by atoms with Gasteiger partial charge in [-0.15, -0.1) is 0 Å². The van der Waals surface area contributed by atoms with Crippen LogP contribution in [0.25, 0.3) is 0 Å². The first kappa shape index (κ1) is 62.6. The summed E-state index contributed by atoms with van der Waals surface area (Å²) in [5.74, 6) is -2.27. The van der Waals surface area contributed by atoms with Crippen LogP contribution in [-0.4, -0.2) is 135 Å². The number of aliphatic carboxylic acids is 2. The predicted molar refractivity (Wildman–Crippen MR) is 245 cm³/mol. The number of carbonyl (C=O) groups is 7. The third-order valence-electron chi connectivity index (χ3n) is 10.4. The molecule has 374 valence electrons. The maximum atomic E-state index is 11.7. The SMILES string of the molecule is CCC(=O)CCCOCCOCC(=O)NCCOCCOCC(=O)NCCCC[C@H](CC)C(=O)CO.CC[C@H](NC(=O)CCCCCCCCCCCCCCCCC(=O)O)C(=O)O. The van der Waals surface area contributed by atoms with Crippen LogP contribution in [0.2, 0.25) is 0 Å². The van der Waals surface area contributed by atoms with E-state index < -0.39 is 24.6 Å². The first-order chi connectivity index (χ1) is 30.9. The molecule has 0 unspecified atom stereocenters. The second-order valence-electron chi connectivity index (χ2n) is 16.0. The number of ketones is 2. The third-order valence-corrected chi connectivity index (χ3v) is 10.4. The molecule has 6 N–H and O–H groups in total. The molecule has 3 amide bonds. The van der Waals surface area contributed by atoms with Crippen LogP contribution in [0.3, 0.4) is 0 Å². The van der Waals surface area contributed by atoms with Crippen LogP contribution in [0, 0.1) is 5.92 Å². The third kappa shape index (κ3) is 45.1. The summed E-state index contributed by atoms with van der Waals surface area (Å²) in [5, 5.41) is 34.4. The van der Waals surface area contributed by atoms with Gasteiger partial charge in [-0.2, -0.15) is 0 Å². The number of unbranched alkanes of at least 4 members (excludes halogenated alkanes) is 14. The minimum absolute atomic E-state index is 0.0569. The molecule has 64 heavy (non-hydrogen) atoms. The molecule has 0 saturated heterocycles. The van der Waals surface area contributed by atoms with Crippen molar-refractivity contribution in [2.45, 2.75) is 181 Å². The Morgan fingerprint density at radius 2 is 0.969 bits per heavy atom. The number of aliphatic hydroxyl groups excluding tert-OH is 1. The van der Waals surface area contributed by atoms with Gasteiger partial charge in [0.25, 0.3) is 0 Å². The first-order valence-electron chi connectivity index (χ1n) is 24.1. The molecule has 0 aromatic heterocycles. The van der Waals surface area contributed by atoms with Crippen molar-refractivity contribution in [3.05, 3.63) is 0 Å². The molecule has 17 heteroatoms. The van der Waals surface area contributed by atoms with Gasteiger partial charge in [-0.1, -0.05) is 104 Å². The normalized spacial score (nSPS) is 11.8. The zero-order chi connectivity index (χ0) is 47.9. The molecule has 0 saturated carbocycles. The van der Waals surface area contributed by atoms with Crippen molar-refractivity contribution in [1.29, 1.82) is 0 Å². The molecule has 2 atom stereocenters. The van der Waals surface area contributed by atoms with Gasteiger partial charge in [0.2, 0.25) is 17.7 Å². The van der Waals surface area contributed by atoms with Gasteiger partial charge in [-0.25, -0.2) is 4.79 Å². The monoisotopic (exact) mass is 918 g/mol. The summed E-state index contributed by atoms with van der Waals surface area (Å²) in [6.45, 7) is 7.92. The topological polar surface area (TPSA) is 253 Å². The van der Waals surface area contributed by atoms with E-state index in [4.69, 9.17) is 34.3 Å². The summed E-state index contributed by atoms with van der Waals surface area (Å²) in [7, 11) is 0. The molecule has 0 aliphatic carbocycles.